The highest BCUT2D eigenvalue weighted by atomic mass is 79.9. The Balaban J connectivity index is 2.11. The van der Waals surface area contributed by atoms with E-state index in [4.69, 9.17) is 0 Å². The molecule has 0 saturated heterocycles. The molecule has 0 aromatic heterocycles. The van der Waals surface area contributed by atoms with Crippen LogP contribution in [0.3, 0.4) is 0 Å². The highest BCUT2D eigenvalue weighted by Crippen LogP contribution is 2.19. The molecule has 6 heteroatoms. The van der Waals surface area contributed by atoms with Crippen molar-refractivity contribution in [3.05, 3.63) is 69.7 Å². The number of aryl methyl sites for hydroxylation is 1. The quantitative estimate of drug-likeness (QED) is 0.544. The van der Waals surface area contributed by atoms with Gasteiger partial charge in [-0.2, -0.15) is 0 Å². The lowest BCUT2D eigenvalue weighted by atomic mass is 10.1. The van der Waals surface area contributed by atoms with Crippen LogP contribution in [-0.4, -0.2) is 34.0 Å². The predicted octanol–water partition coefficient (Wildman–Crippen LogP) is 5.32. The van der Waals surface area contributed by atoms with Crippen molar-refractivity contribution in [2.75, 3.05) is 5.75 Å². The van der Waals surface area contributed by atoms with Gasteiger partial charge >= 0.3 is 0 Å². The third-order valence-electron chi connectivity index (χ3n) is 4.65. The highest BCUT2D eigenvalue weighted by molar-refractivity contribution is 9.10. The molecule has 1 N–H and O–H groups in total. The topological polar surface area (TPSA) is 49.4 Å². The maximum Gasteiger partial charge on any atom is 0.242 e. The minimum atomic E-state index is -0.560. The number of thioether (sulfide) groups is 1. The molecule has 0 saturated carbocycles. The Morgan fingerprint density at radius 1 is 1.13 bits per heavy atom. The number of halogens is 1. The van der Waals surface area contributed by atoms with E-state index in [0.717, 1.165) is 15.8 Å². The van der Waals surface area contributed by atoms with Gasteiger partial charge in [-0.05, 0) is 63.4 Å². The van der Waals surface area contributed by atoms with Crippen LogP contribution in [0.5, 0.6) is 0 Å². The summed E-state index contributed by atoms with van der Waals surface area (Å²) in [6.07, 6.45) is 0. The van der Waals surface area contributed by atoms with Crippen molar-refractivity contribution in [2.45, 2.75) is 58.5 Å². The van der Waals surface area contributed by atoms with Gasteiger partial charge in [-0.15, -0.1) is 11.8 Å². The summed E-state index contributed by atoms with van der Waals surface area (Å²) in [5, 5.41) is 2.99. The zero-order valence-corrected chi connectivity index (χ0v) is 20.8. The monoisotopic (exact) mass is 490 g/mol. The lowest BCUT2D eigenvalue weighted by Crippen LogP contribution is -2.52. The summed E-state index contributed by atoms with van der Waals surface area (Å²) in [6.45, 7) is 10.1. The molecule has 0 aliphatic rings. The van der Waals surface area contributed by atoms with Crippen molar-refractivity contribution in [3.8, 4) is 0 Å². The van der Waals surface area contributed by atoms with Crippen molar-refractivity contribution in [1.29, 1.82) is 0 Å². The van der Waals surface area contributed by atoms with Crippen molar-refractivity contribution >= 4 is 39.5 Å². The Hall–Kier alpha value is -1.79. The van der Waals surface area contributed by atoms with Crippen LogP contribution in [0.25, 0.3) is 0 Å². The molecule has 0 heterocycles. The molecule has 4 nitrogen and oxygen atoms in total. The van der Waals surface area contributed by atoms with Crippen LogP contribution in [0.4, 0.5) is 0 Å². The van der Waals surface area contributed by atoms with Crippen LogP contribution >= 0.6 is 27.7 Å². The molecule has 2 aromatic rings. The summed E-state index contributed by atoms with van der Waals surface area (Å²) in [4.78, 5) is 27.6. The minimum Gasteiger partial charge on any atom is -0.350 e. The second-order valence-electron chi connectivity index (χ2n) is 8.49. The lowest BCUT2D eigenvalue weighted by Gasteiger charge is -2.31. The third-order valence-corrected chi connectivity index (χ3v) is 6.11. The SMILES string of the molecule is Cc1ccccc1CSCC(=O)N(Cc1cccc(Br)c1)[C@@H](C)C(=O)NC(C)(C)C. The van der Waals surface area contributed by atoms with Gasteiger partial charge in [-0.3, -0.25) is 9.59 Å². The van der Waals surface area contributed by atoms with Gasteiger partial charge in [-0.25, -0.2) is 0 Å². The average Bonchev–Trinajstić information content (AvgIpc) is 2.65. The number of nitrogens with zero attached hydrogens (tertiary/aromatic N) is 1. The molecule has 1 atom stereocenters. The van der Waals surface area contributed by atoms with Gasteiger partial charge in [0.2, 0.25) is 11.8 Å². The van der Waals surface area contributed by atoms with Gasteiger partial charge in [0.15, 0.2) is 0 Å². The summed E-state index contributed by atoms with van der Waals surface area (Å²) in [5.74, 6) is 0.918. The molecule has 2 aromatic carbocycles. The maximum atomic E-state index is 13.1. The fourth-order valence-electron chi connectivity index (χ4n) is 2.99. The first-order valence-corrected chi connectivity index (χ1v) is 12.0. The van der Waals surface area contributed by atoms with E-state index in [0.29, 0.717) is 12.3 Å². The summed E-state index contributed by atoms with van der Waals surface area (Å²) in [6, 6.07) is 15.5. The van der Waals surface area contributed by atoms with Crippen LogP contribution < -0.4 is 5.32 Å². The molecular formula is C24H31BrN2O2S. The fourth-order valence-corrected chi connectivity index (χ4v) is 4.42. The van der Waals surface area contributed by atoms with Crippen LogP contribution in [0, 0.1) is 6.92 Å². The van der Waals surface area contributed by atoms with E-state index in [2.05, 4.69) is 40.3 Å². The first kappa shape index (κ1) is 24.5. The molecule has 2 rings (SSSR count). The zero-order chi connectivity index (χ0) is 22.3. The van der Waals surface area contributed by atoms with Gasteiger partial charge in [0, 0.05) is 22.3 Å². The Labute approximate surface area is 192 Å². The number of hydrogen-bond acceptors (Lipinski definition) is 3. The second kappa shape index (κ2) is 11.0. The zero-order valence-electron chi connectivity index (χ0n) is 18.4. The first-order chi connectivity index (χ1) is 14.1. The van der Waals surface area contributed by atoms with Crippen molar-refractivity contribution in [3.63, 3.8) is 0 Å². The number of hydrogen-bond donors (Lipinski definition) is 1. The number of carbonyl (C=O) groups is 2. The normalized spacial score (nSPS) is 12.3. The molecule has 0 fully saturated rings. The standard InChI is InChI=1S/C24H31BrN2O2S/c1-17-9-6-7-11-20(17)15-30-16-22(28)27(14-19-10-8-12-21(25)13-19)18(2)23(29)26-24(3,4)5/h6-13,18H,14-16H2,1-5H3,(H,26,29)/t18-/m0/s1. The number of carbonyl (C=O) groups excluding carboxylic acids is 2. The van der Waals surface area contributed by atoms with E-state index >= 15 is 0 Å². The maximum absolute atomic E-state index is 13.1. The molecule has 0 spiro atoms. The molecule has 0 bridgehead atoms. The second-order valence-corrected chi connectivity index (χ2v) is 10.4. The smallest absolute Gasteiger partial charge is 0.242 e. The van der Waals surface area contributed by atoms with Gasteiger partial charge in [0.25, 0.3) is 0 Å². The van der Waals surface area contributed by atoms with Crippen LogP contribution in [0.2, 0.25) is 0 Å². The number of nitrogens with one attached hydrogen (secondary N) is 1. The van der Waals surface area contributed by atoms with E-state index in [1.54, 1.807) is 23.6 Å². The van der Waals surface area contributed by atoms with Gasteiger partial charge in [0.1, 0.15) is 6.04 Å². The van der Waals surface area contributed by atoms with E-state index in [9.17, 15) is 9.59 Å². The molecule has 0 aliphatic heterocycles. The van der Waals surface area contributed by atoms with Gasteiger partial charge in [0.05, 0.1) is 5.75 Å². The minimum absolute atomic E-state index is 0.0369. The lowest BCUT2D eigenvalue weighted by molar-refractivity contribution is -0.139. The molecule has 2 amide bonds. The van der Waals surface area contributed by atoms with E-state index < -0.39 is 6.04 Å². The average molecular weight is 491 g/mol. The van der Waals surface area contributed by atoms with Crippen LogP contribution in [-0.2, 0) is 21.9 Å². The number of amides is 2. The van der Waals surface area contributed by atoms with Crippen molar-refractivity contribution < 1.29 is 9.59 Å². The summed E-state index contributed by atoms with van der Waals surface area (Å²) < 4.78 is 0.952. The Morgan fingerprint density at radius 2 is 1.83 bits per heavy atom. The Bertz CT molecular complexity index is 880. The summed E-state index contributed by atoms with van der Waals surface area (Å²) >= 11 is 5.06. The Kier molecular flexibility index (Phi) is 8.98. The Morgan fingerprint density at radius 3 is 2.47 bits per heavy atom. The van der Waals surface area contributed by atoms with E-state index in [1.807, 2.05) is 57.2 Å². The largest absolute Gasteiger partial charge is 0.350 e. The van der Waals surface area contributed by atoms with Crippen molar-refractivity contribution in [1.82, 2.24) is 10.2 Å². The first-order valence-electron chi connectivity index (χ1n) is 10.0. The number of benzene rings is 2. The van der Waals surface area contributed by atoms with Gasteiger partial charge < -0.3 is 10.2 Å². The highest BCUT2D eigenvalue weighted by Gasteiger charge is 2.28. The van der Waals surface area contributed by atoms with E-state index in [-0.39, 0.29) is 17.4 Å². The molecule has 0 unspecified atom stereocenters. The predicted molar refractivity (Wildman–Crippen MR) is 129 cm³/mol. The van der Waals surface area contributed by atoms with E-state index in [1.165, 1.54) is 11.1 Å². The van der Waals surface area contributed by atoms with Crippen LogP contribution in [0.15, 0.2) is 53.0 Å². The van der Waals surface area contributed by atoms with Crippen molar-refractivity contribution in [2.24, 2.45) is 0 Å². The number of rotatable bonds is 8. The molecule has 0 aliphatic carbocycles. The summed E-state index contributed by atoms with van der Waals surface area (Å²) in [5.41, 5.74) is 3.08. The third kappa shape index (κ3) is 7.80. The molecule has 162 valence electrons. The molecule has 30 heavy (non-hydrogen) atoms. The molecular weight excluding hydrogens is 460 g/mol. The summed E-state index contributed by atoms with van der Waals surface area (Å²) in [7, 11) is 0. The molecule has 0 radical (unpaired) electrons. The van der Waals surface area contributed by atoms with Gasteiger partial charge in [-0.1, -0.05) is 52.3 Å². The van der Waals surface area contributed by atoms with Crippen LogP contribution in [0.1, 0.15) is 44.4 Å². The fraction of sp³-hybridized carbons (Fsp3) is 0.417.